The Morgan fingerprint density at radius 2 is 0.859 bits per heavy atom. The first-order valence-electron chi connectivity index (χ1n) is 31.9. The number of aliphatic hydroxyl groups is 8. The number of hydrogen-bond acceptors (Lipinski definition) is 13. The Labute approximate surface area is 473 Å². The van der Waals surface area contributed by atoms with Gasteiger partial charge in [0.1, 0.15) is 48.8 Å². The predicted octanol–water partition coefficient (Wildman–Crippen LogP) is 11.6. The number of allylic oxidation sites excluding steroid dienone is 7. The SMILES string of the molecule is CCCCCCC/C=C\C/C=C\CCCCCCCCCCCCCCCCCC(=O)NC(COC1OC(CO)C(OC2OC(CO)C(O)C(O)C2O)C(O)C1O)C(O)/C=C/CC/C=C/CCCCCCCCCCCCC. The first-order chi connectivity index (χ1) is 38.1. The molecule has 0 aromatic heterocycles. The molecule has 78 heavy (non-hydrogen) atoms. The van der Waals surface area contributed by atoms with E-state index in [-0.39, 0.29) is 18.9 Å². The van der Waals surface area contributed by atoms with Crippen LogP contribution in [0, 0.1) is 0 Å². The highest BCUT2D eigenvalue weighted by molar-refractivity contribution is 5.76. The van der Waals surface area contributed by atoms with Crippen LogP contribution >= 0.6 is 0 Å². The molecule has 456 valence electrons. The van der Waals surface area contributed by atoms with Gasteiger partial charge in [0.15, 0.2) is 12.6 Å². The maximum absolute atomic E-state index is 13.3. The molecular weight excluding hydrogens is 991 g/mol. The molecule has 2 saturated heterocycles. The Morgan fingerprint density at radius 3 is 1.33 bits per heavy atom. The van der Waals surface area contributed by atoms with Gasteiger partial charge in [0, 0.05) is 6.42 Å². The second kappa shape index (κ2) is 49.5. The quantitative estimate of drug-likeness (QED) is 0.0204. The summed E-state index contributed by atoms with van der Waals surface area (Å²) in [6.45, 7) is 2.79. The van der Waals surface area contributed by atoms with Crippen molar-refractivity contribution in [3.8, 4) is 0 Å². The summed E-state index contributed by atoms with van der Waals surface area (Å²) in [5.41, 5.74) is 0. The molecule has 0 spiro atoms. The lowest BCUT2D eigenvalue weighted by molar-refractivity contribution is -0.359. The molecule has 2 fully saturated rings. The van der Waals surface area contributed by atoms with Gasteiger partial charge in [-0.05, 0) is 64.2 Å². The van der Waals surface area contributed by atoms with Gasteiger partial charge in [-0.15, -0.1) is 0 Å². The van der Waals surface area contributed by atoms with Crippen molar-refractivity contribution in [1.82, 2.24) is 5.32 Å². The lowest BCUT2D eigenvalue weighted by atomic mass is 9.97. The van der Waals surface area contributed by atoms with Crippen molar-refractivity contribution >= 4 is 5.91 Å². The lowest BCUT2D eigenvalue weighted by Crippen LogP contribution is -2.65. The van der Waals surface area contributed by atoms with Gasteiger partial charge in [0.2, 0.25) is 5.91 Å². The maximum Gasteiger partial charge on any atom is 0.220 e. The van der Waals surface area contributed by atoms with Gasteiger partial charge in [-0.2, -0.15) is 0 Å². The van der Waals surface area contributed by atoms with Crippen molar-refractivity contribution in [2.24, 2.45) is 0 Å². The second-order valence-corrected chi connectivity index (χ2v) is 22.5. The topological polar surface area (TPSA) is 228 Å². The normalized spacial score (nSPS) is 24.8. The van der Waals surface area contributed by atoms with Crippen molar-refractivity contribution in [3.05, 3.63) is 48.6 Å². The number of carbonyl (C=O) groups is 1. The van der Waals surface area contributed by atoms with Crippen molar-refractivity contribution in [1.29, 1.82) is 0 Å². The Bertz CT molecular complexity index is 1490. The molecule has 2 aliphatic heterocycles. The number of nitrogens with one attached hydrogen (secondary N) is 1. The minimum atomic E-state index is -1.79. The van der Waals surface area contributed by atoms with Crippen LogP contribution in [-0.2, 0) is 23.7 Å². The summed E-state index contributed by atoms with van der Waals surface area (Å²) in [5, 5.41) is 87.2. The molecular formula is C64H117NO13. The van der Waals surface area contributed by atoms with Gasteiger partial charge in [0.05, 0.1) is 32.0 Å². The molecule has 12 atom stereocenters. The van der Waals surface area contributed by atoms with Crippen LogP contribution in [0.5, 0.6) is 0 Å². The van der Waals surface area contributed by atoms with Gasteiger partial charge in [0.25, 0.3) is 0 Å². The first kappa shape index (κ1) is 72.1. The van der Waals surface area contributed by atoms with E-state index in [0.29, 0.717) is 12.8 Å². The van der Waals surface area contributed by atoms with Crippen LogP contribution in [0.4, 0.5) is 0 Å². The molecule has 2 aliphatic rings. The first-order valence-corrected chi connectivity index (χ1v) is 31.9. The van der Waals surface area contributed by atoms with E-state index in [4.69, 9.17) is 18.9 Å². The minimum absolute atomic E-state index is 0.248. The van der Waals surface area contributed by atoms with E-state index in [9.17, 15) is 45.6 Å². The van der Waals surface area contributed by atoms with Crippen molar-refractivity contribution in [2.45, 2.75) is 331 Å². The zero-order chi connectivity index (χ0) is 56.7. The number of aliphatic hydroxyl groups excluding tert-OH is 8. The van der Waals surface area contributed by atoms with E-state index in [1.165, 1.54) is 186 Å². The summed E-state index contributed by atoms with van der Waals surface area (Å²) in [6.07, 6.45) is 45.8. The number of unbranched alkanes of at least 4 members (excludes halogenated alkanes) is 32. The molecule has 14 heteroatoms. The standard InChI is InChI=1S/C64H117NO13/c1-3-5-7-9-11-13-15-17-19-21-22-23-24-25-26-27-28-29-30-32-34-36-38-40-42-44-46-48-56(69)65-52(53(68)47-45-43-41-39-37-35-33-31-20-18-16-14-12-10-8-6-4-2)51-75-63-61(74)59(72)62(55(50-67)77-63)78-64-60(73)58(71)57(70)54(49-66)76-64/h15,17,21-22,37,39,45,47,52-55,57-64,66-68,70-74H,3-14,16,18-20,23-36,38,40-44,46,48-51H2,1-2H3,(H,65,69)/b17-15-,22-21-,39-37+,47-45+. The van der Waals surface area contributed by atoms with Crippen molar-refractivity contribution in [3.63, 3.8) is 0 Å². The monoisotopic (exact) mass is 1110 g/mol. The Morgan fingerprint density at radius 1 is 0.462 bits per heavy atom. The Hall–Kier alpha value is -2.05. The van der Waals surface area contributed by atoms with Gasteiger partial charge in [-0.3, -0.25) is 4.79 Å². The van der Waals surface area contributed by atoms with E-state index in [1.54, 1.807) is 6.08 Å². The van der Waals surface area contributed by atoms with E-state index in [2.05, 4.69) is 55.6 Å². The summed E-state index contributed by atoms with van der Waals surface area (Å²) >= 11 is 0. The average molecular weight is 1110 g/mol. The van der Waals surface area contributed by atoms with Gasteiger partial charge >= 0.3 is 0 Å². The van der Waals surface area contributed by atoms with E-state index >= 15 is 0 Å². The number of hydrogen-bond donors (Lipinski definition) is 9. The van der Waals surface area contributed by atoms with Crippen LogP contribution < -0.4 is 5.32 Å². The molecule has 0 radical (unpaired) electrons. The molecule has 2 heterocycles. The molecule has 1 amide bonds. The summed E-state index contributed by atoms with van der Waals surface area (Å²) in [4.78, 5) is 13.3. The van der Waals surface area contributed by atoms with Crippen LogP contribution in [0.1, 0.15) is 258 Å². The van der Waals surface area contributed by atoms with Crippen LogP contribution in [-0.4, -0.2) is 140 Å². The van der Waals surface area contributed by atoms with Gasteiger partial charge in [-0.1, -0.05) is 236 Å². The Balaban J connectivity index is 1.72. The van der Waals surface area contributed by atoms with Crippen molar-refractivity contribution in [2.75, 3.05) is 19.8 Å². The van der Waals surface area contributed by atoms with Crippen LogP contribution in [0.15, 0.2) is 48.6 Å². The van der Waals surface area contributed by atoms with Gasteiger partial charge in [-0.25, -0.2) is 0 Å². The maximum atomic E-state index is 13.3. The fourth-order valence-corrected chi connectivity index (χ4v) is 10.3. The van der Waals surface area contributed by atoms with Crippen molar-refractivity contribution < 1.29 is 64.6 Å². The highest BCUT2D eigenvalue weighted by Crippen LogP contribution is 2.30. The largest absolute Gasteiger partial charge is 0.394 e. The fourth-order valence-electron chi connectivity index (χ4n) is 10.3. The number of ether oxygens (including phenoxy) is 4. The van der Waals surface area contributed by atoms with Crippen LogP contribution in [0.25, 0.3) is 0 Å². The molecule has 9 N–H and O–H groups in total. The van der Waals surface area contributed by atoms with E-state index < -0.39 is 86.8 Å². The molecule has 0 aromatic rings. The molecule has 0 saturated carbocycles. The fraction of sp³-hybridized carbons (Fsp3) is 0.859. The third-order valence-corrected chi connectivity index (χ3v) is 15.5. The van der Waals surface area contributed by atoms with Crippen LogP contribution in [0.2, 0.25) is 0 Å². The zero-order valence-electron chi connectivity index (χ0n) is 49.2. The third kappa shape index (κ3) is 34.4. The lowest BCUT2D eigenvalue weighted by Gasteiger charge is -2.46. The Kier molecular flexibility index (Phi) is 45.8. The zero-order valence-corrected chi connectivity index (χ0v) is 49.2. The summed E-state index contributed by atoms with van der Waals surface area (Å²) in [5.74, 6) is -0.248. The summed E-state index contributed by atoms with van der Waals surface area (Å²) in [6, 6.07) is -0.932. The highest BCUT2D eigenvalue weighted by atomic mass is 16.7. The molecule has 14 nitrogen and oxygen atoms in total. The molecule has 0 aromatic carbocycles. The summed E-state index contributed by atoms with van der Waals surface area (Å²) < 4.78 is 22.8. The molecule has 2 rings (SSSR count). The smallest absolute Gasteiger partial charge is 0.220 e. The second-order valence-electron chi connectivity index (χ2n) is 22.5. The number of amides is 1. The minimum Gasteiger partial charge on any atom is -0.394 e. The molecule has 0 bridgehead atoms. The predicted molar refractivity (Wildman–Crippen MR) is 314 cm³/mol. The van der Waals surface area contributed by atoms with Crippen LogP contribution in [0.3, 0.4) is 0 Å². The average Bonchev–Trinajstić information content (AvgIpc) is 3.44. The van der Waals surface area contributed by atoms with E-state index in [1.807, 2.05) is 6.08 Å². The summed E-state index contributed by atoms with van der Waals surface area (Å²) in [7, 11) is 0. The molecule has 0 aliphatic carbocycles. The third-order valence-electron chi connectivity index (χ3n) is 15.5. The number of carbonyl (C=O) groups excluding carboxylic acids is 1. The highest BCUT2D eigenvalue weighted by Gasteiger charge is 2.51. The van der Waals surface area contributed by atoms with E-state index in [0.717, 1.165) is 38.5 Å². The number of rotatable bonds is 51. The van der Waals surface area contributed by atoms with Gasteiger partial charge < -0.3 is 65.1 Å². The molecule has 12 unspecified atom stereocenters.